The molecule has 1 heterocycles. The molecule has 3 rings (SSSR count). The summed E-state index contributed by atoms with van der Waals surface area (Å²) in [6, 6.07) is 13.7. The number of halogens is 2. The minimum atomic E-state index is -3.87. The van der Waals surface area contributed by atoms with E-state index in [4.69, 9.17) is 16.3 Å². The Labute approximate surface area is 175 Å². The third kappa shape index (κ3) is 4.95. The summed E-state index contributed by atoms with van der Waals surface area (Å²) in [7, 11) is -3.87. The summed E-state index contributed by atoms with van der Waals surface area (Å²) in [6.07, 6.45) is 1.08. The van der Waals surface area contributed by atoms with Gasteiger partial charge in [-0.1, -0.05) is 63.4 Å². The number of esters is 1. The van der Waals surface area contributed by atoms with Crippen molar-refractivity contribution in [2.24, 2.45) is 0 Å². The van der Waals surface area contributed by atoms with Gasteiger partial charge >= 0.3 is 5.97 Å². The first kappa shape index (κ1) is 20.4. The summed E-state index contributed by atoms with van der Waals surface area (Å²) >= 11 is 9.26. The molecule has 0 N–H and O–H groups in total. The zero-order valence-electron chi connectivity index (χ0n) is 14.6. The average Bonchev–Trinajstić information content (AvgIpc) is 2.63. The molecule has 0 atom stereocenters. The van der Waals surface area contributed by atoms with E-state index in [0.717, 1.165) is 11.8 Å². The molecule has 0 unspecified atom stereocenters. The van der Waals surface area contributed by atoms with Gasteiger partial charge in [-0.25, -0.2) is 23.2 Å². The Bertz CT molecular complexity index is 1130. The van der Waals surface area contributed by atoms with Crippen LogP contribution in [0.2, 0.25) is 5.02 Å². The van der Waals surface area contributed by atoms with Gasteiger partial charge < -0.3 is 4.74 Å². The number of hydrogen-bond donors (Lipinski definition) is 0. The molecule has 0 radical (unpaired) electrons. The Morgan fingerprint density at radius 1 is 1.18 bits per heavy atom. The predicted octanol–water partition coefficient (Wildman–Crippen LogP) is 4.39. The van der Waals surface area contributed by atoms with Gasteiger partial charge in [0.05, 0.1) is 17.0 Å². The van der Waals surface area contributed by atoms with E-state index < -0.39 is 21.0 Å². The highest BCUT2D eigenvalue weighted by atomic mass is 79.9. The van der Waals surface area contributed by atoms with Gasteiger partial charge in [-0.05, 0) is 30.7 Å². The molecule has 28 heavy (non-hydrogen) atoms. The summed E-state index contributed by atoms with van der Waals surface area (Å²) in [5, 5.41) is -0.590. The van der Waals surface area contributed by atoms with Crippen molar-refractivity contribution in [2.45, 2.75) is 17.8 Å². The quantitative estimate of drug-likeness (QED) is 0.305. The van der Waals surface area contributed by atoms with Gasteiger partial charge in [-0.3, -0.25) is 0 Å². The fourth-order valence-corrected chi connectivity index (χ4v) is 4.05. The van der Waals surface area contributed by atoms with E-state index in [-0.39, 0.29) is 22.2 Å². The summed E-state index contributed by atoms with van der Waals surface area (Å²) in [5.41, 5.74) is 1.28. The lowest BCUT2D eigenvalue weighted by Gasteiger charge is -2.08. The highest BCUT2D eigenvalue weighted by Gasteiger charge is 2.24. The molecule has 1 aromatic heterocycles. The van der Waals surface area contributed by atoms with Crippen molar-refractivity contribution in [3.05, 3.63) is 81.0 Å². The molecule has 0 saturated carbocycles. The van der Waals surface area contributed by atoms with Crippen LogP contribution in [0.25, 0.3) is 0 Å². The van der Waals surface area contributed by atoms with Crippen molar-refractivity contribution in [3.8, 4) is 5.75 Å². The van der Waals surface area contributed by atoms with Crippen molar-refractivity contribution < 1.29 is 17.9 Å². The maximum absolute atomic E-state index is 12.6. The molecular formula is C19H14BrClN2O4S. The molecule has 0 fully saturated rings. The standard InChI is InChI=1S/C19H14BrClN2O4S/c1-12-5-7-13(8-6-12)11-28(25,26)19-22-10-16(21)17(23-19)18(24)27-15-4-2-3-14(20)9-15/h2-10H,11H2,1H3. The fourth-order valence-electron chi connectivity index (χ4n) is 2.30. The van der Waals surface area contributed by atoms with E-state index in [1.807, 2.05) is 19.1 Å². The van der Waals surface area contributed by atoms with Gasteiger partial charge in [0.2, 0.25) is 15.0 Å². The number of aromatic nitrogens is 2. The van der Waals surface area contributed by atoms with Gasteiger partial charge in [0, 0.05) is 4.47 Å². The van der Waals surface area contributed by atoms with E-state index in [9.17, 15) is 13.2 Å². The second-order valence-corrected chi connectivity index (χ2v) is 9.15. The van der Waals surface area contributed by atoms with Gasteiger partial charge in [-0.2, -0.15) is 0 Å². The van der Waals surface area contributed by atoms with Crippen LogP contribution in [0.5, 0.6) is 5.75 Å². The first-order valence-corrected chi connectivity index (χ1v) is 10.9. The van der Waals surface area contributed by atoms with E-state index in [1.54, 1.807) is 36.4 Å². The third-order valence-corrected chi connectivity index (χ3v) is 5.91. The molecule has 0 bridgehead atoms. The molecule has 3 aromatic rings. The Hall–Kier alpha value is -2.29. The number of ether oxygens (including phenoxy) is 1. The van der Waals surface area contributed by atoms with Gasteiger partial charge in [0.25, 0.3) is 0 Å². The second kappa shape index (κ2) is 8.38. The van der Waals surface area contributed by atoms with Crippen LogP contribution < -0.4 is 4.74 Å². The zero-order valence-corrected chi connectivity index (χ0v) is 17.8. The average molecular weight is 482 g/mol. The number of carbonyl (C=O) groups is 1. The number of rotatable bonds is 5. The highest BCUT2D eigenvalue weighted by Crippen LogP contribution is 2.22. The van der Waals surface area contributed by atoms with Crippen molar-refractivity contribution in [1.29, 1.82) is 0 Å². The molecule has 0 amide bonds. The number of nitrogens with zero attached hydrogens (tertiary/aromatic N) is 2. The monoisotopic (exact) mass is 480 g/mol. The maximum Gasteiger partial charge on any atom is 0.364 e. The minimum Gasteiger partial charge on any atom is -0.422 e. The maximum atomic E-state index is 12.6. The van der Waals surface area contributed by atoms with Crippen LogP contribution >= 0.6 is 27.5 Å². The summed E-state index contributed by atoms with van der Waals surface area (Å²) in [6.45, 7) is 1.91. The van der Waals surface area contributed by atoms with Gasteiger partial charge in [0.1, 0.15) is 5.75 Å². The Morgan fingerprint density at radius 3 is 2.57 bits per heavy atom. The van der Waals surface area contributed by atoms with Crippen LogP contribution in [0.1, 0.15) is 21.6 Å². The Balaban J connectivity index is 1.87. The molecule has 2 aromatic carbocycles. The number of aryl methyl sites for hydroxylation is 1. The number of hydrogen-bond acceptors (Lipinski definition) is 6. The van der Waals surface area contributed by atoms with Crippen molar-refractivity contribution >= 4 is 43.3 Å². The topological polar surface area (TPSA) is 86.2 Å². The van der Waals surface area contributed by atoms with Gasteiger partial charge in [0.15, 0.2) is 5.69 Å². The van der Waals surface area contributed by atoms with Crippen LogP contribution in [0.4, 0.5) is 0 Å². The van der Waals surface area contributed by atoms with E-state index >= 15 is 0 Å². The summed E-state index contributed by atoms with van der Waals surface area (Å²) in [4.78, 5) is 20.1. The number of sulfone groups is 1. The Kier molecular flexibility index (Phi) is 6.12. The molecule has 0 aliphatic carbocycles. The lowest BCUT2D eigenvalue weighted by atomic mass is 10.2. The first-order valence-electron chi connectivity index (χ1n) is 8.03. The number of carbonyl (C=O) groups excluding carboxylic acids is 1. The predicted molar refractivity (Wildman–Crippen MR) is 108 cm³/mol. The Morgan fingerprint density at radius 2 is 1.89 bits per heavy atom. The summed E-state index contributed by atoms with van der Waals surface area (Å²) in [5.74, 6) is -0.912. The summed E-state index contributed by atoms with van der Waals surface area (Å²) < 4.78 is 31.2. The minimum absolute atomic E-state index is 0.103. The van der Waals surface area contributed by atoms with E-state index in [2.05, 4.69) is 25.9 Å². The molecule has 6 nitrogen and oxygen atoms in total. The molecule has 0 aliphatic rings. The molecule has 0 aliphatic heterocycles. The molecule has 144 valence electrons. The van der Waals surface area contributed by atoms with Crippen LogP contribution in [0.15, 0.2) is 64.4 Å². The van der Waals surface area contributed by atoms with Crippen molar-refractivity contribution in [2.75, 3.05) is 0 Å². The van der Waals surface area contributed by atoms with Gasteiger partial charge in [-0.15, -0.1) is 0 Å². The van der Waals surface area contributed by atoms with Crippen molar-refractivity contribution in [3.63, 3.8) is 0 Å². The fraction of sp³-hybridized carbons (Fsp3) is 0.105. The molecule has 9 heteroatoms. The molecular weight excluding hydrogens is 468 g/mol. The molecule has 0 spiro atoms. The van der Waals surface area contributed by atoms with Crippen LogP contribution in [0.3, 0.4) is 0 Å². The SMILES string of the molecule is Cc1ccc(CS(=O)(=O)c2ncc(Cl)c(C(=O)Oc3cccc(Br)c3)n2)cc1. The normalized spacial score (nSPS) is 11.2. The van der Waals surface area contributed by atoms with E-state index in [0.29, 0.717) is 10.0 Å². The zero-order chi connectivity index (χ0) is 20.3. The van der Waals surface area contributed by atoms with Crippen LogP contribution in [-0.4, -0.2) is 24.4 Å². The van der Waals surface area contributed by atoms with Crippen molar-refractivity contribution in [1.82, 2.24) is 9.97 Å². The lowest BCUT2D eigenvalue weighted by Crippen LogP contribution is -2.16. The van der Waals surface area contributed by atoms with Crippen LogP contribution in [-0.2, 0) is 15.6 Å². The first-order chi connectivity index (χ1) is 13.2. The highest BCUT2D eigenvalue weighted by molar-refractivity contribution is 9.10. The van der Waals surface area contributed by atoms with E-state index in [1.165, 1.54) is 0 Å². The molecule has 0 saturated heterocycles. The largest absolute Gasteiger partial charge is 0.422 e. The third-order valence-electron chi connectivity index (χ3n) is 3.68. The number of benzene rings is 2. The second-order valence-electron chi connectivity index (χ2n) is 5.94. The van der Waals surface area contributed by atoms with Crippen LogP contribution in [0, 0.1) is 6.92 Å². The smallest absolute Gasteiger partial charge is 0.364 e. The lowest BCUT2D eigenvalue weighted by molar-refractivity contribution is 0.0727.